The monoisotopic (exact) mass is 333 g/mol. The van der Waals surface area contributed by atoms with Crippen LogP contribution in [0.15, 0.2) is 17.1 Å². The Balaban J connectivity index is 1.73. The highest BCUT2D eigenvalue weighted by atomic mass is 16.2. The summed E-state index contributed by atoms with van der Waals surface area (Å²) in [5, 5.41) is 10.7. The lowest BCUT2D eigenvalue weighted by molar-refractivity contribution is -0.125. The van der Waals surface area contributed by atoms with E-state index >= 15 is 0 Å². The zero-order chi connectivity index (χ0) is 16.9. The lowest BCUT2D eigenvalue weighted by Crippen LogP contribution is -2.45. The molecule has 2 fully saturated rings. The molecule has 2 heterocycles. The van der Waals surface area contributed by atoms with E-state index in [9.17, 15) is 9.59 Å². The van der Waals surface area contributed by atoms with Crippen molar-refractivity contribution in [3.8, 4) is 0 Å². The maximum atomic E-state index is 12.5. The van der Waals surface area contributed by atoms with Gasteiger partial charge in [0.1, 0.15) is 6.04 Å². The first-order valence-corrected chi connectivity index (χ1v) is 9.04. The van der Waals surface area contributed by atoms with Gasteiger partial charge in [0.25, 0.3) is 5.56 Å². The predicted molar refractivity (Wildman–Crippen MR) is 93.3 cm³/mol. The molecule has 0 aromatic carbocycles. The zero-order valence-corrected chi connectivity index (χ0v) is 14.3. The fourth-order valence-electron chi connectivity index (χ4n) is 3.58. The number of rotatable bonds is 5. The maximum absolute atomic E-state index is 12.5. The second-order valence-electron chi connectivity index (χ2n) is 6.65. The highest BCUT2D eigenvalue weighted by Crippen LogP contribution is 2.19. The number of nitrogens with one attached hydrogen (secondary N) is 2. The van der Waals surface area contributed by atoms with Crippen molar-refractivity contribution in [2.24, 2.45) is 0 Å². The van der Waals surface area contributed by atoms with Crippen LogP contribution >= 0.6 is 0 Å². The van der Waals surface area contributed by atoms with E-state index < -0.39 is 6.04 Å². The summed E-state index contributed by atoms with van der Waals surface area (Å²) >= 11 is 0. The first kappa shape index (κ1) is 17.0. The third kappa shape index (κ3) is 3.77. The first-order chi connectivity index (χ1) is 11.7. The van der Waals surface area contributed by atoms with E-state index in [1.807, 2.05) is 6.92 Å². The van der Waals surface area contributed by atoms with Crippen molar-refractivity contribution in [1.29, 1.82) is 0 Å². The summed E-state index contributed by atoms with van der Waals surface area (Å²) in [7, 11) is 0. The van der Waals surface area contributed by atoms with Crippen LogP contribution in [0.1, 0.15) is 45.1 Å². The Hall–Kier alpha value is -1.89. The summed E-state index contributed by atoms with van der Waals surface area (Å²) in [6.45, 7) is 5.46. The van der Waals surface area contributed by atoms with Crippen LogP contribution in [0.4, 0.5) is 5.69 Å². The molecule has 0 radical (unpaired) electrons. The van der Waals surface area contributed by atoms with Crippen molar-refractivity contribution in [2.45, 2.75) is 51.1 Å². The molecule has 7 nitrogen and oxygen atoms in total. The summed E-state index contributed by atoms with van der Waals surface area (Å²) in [5.41, 5.74) is 0.628. The molecule has 7 heteroatoms. The summed E-state index contributed by atoms with van der Waals surface area (Å²) in [6.07, 6.45) is 6.66. The average molecular weight is 333 g/mol. The second kappa shape index (κ2) is 7.79. The van der Waals surface area contributed by atoms with Crippen LogP contribution in [0.5, 0.6) is 0 Å². The quantitative estimate of drug-likeness (QED) is 0.828. The van der Waals surface area contributed by atoms with E-state index in [-0.39, 0.29) is 17.5 Å². The molecule has 0 spiro atoms. The Morgan fingerprint density at radius 3 is 2.71 bits per heavy atom. The van der Waals surface area contributed by atoms with E-state index in [4.69, 9.17) is 0 Å². The Labute approximate surface area is 142 Å². The minimum Gasteiger partial charge on any atom is -0.368 e. The van der Waals surface area contributed by atoms with E-state index in [2.05, 4.69) is 20.6 Å². The van der Waals surface area contributed by atoms with Crippen LogP contribution in [-0.4, -0.2) is 47.9 Å². The van der Waals surface area contributed by atoms with Crippen molar-refractivity contribution >= 4 is 11.6 Å². The van der Waals surface area contributed by atoms with E-state index in [1.54, 1.807) is 12.3 Å². The lowest BCUT2D eigenvalue weighted by Gasteiger charge is -2.29. The van der Waals surface area contributed by atoms with Crippen LogP contribution in [0, 0.1) is 0 Å². The molecular weight excluding hydrogens is 306 g/mol. The number of carbonyl (C=O) groups is 1. The minimum absolute atomic E-state index is 0.0890. The predicted octanol–water partition coefficient (Wildman–Crippen LogP) is 0.663. The van der Waals surface area contributed by atoms with Crippen LogP contribution < -0.4 is 21.1 Å². The normalized spacial score (nSPS) is 20.1. The van der Waals surface area contributed by atoms with Gasteiger partial charge in [0.15, 0.2) is 0 Å². The standard InChI is InChI=1S/C17H27N5O2/c1-2-15(17(24)20-13-5-3-4-6-13)22-16(23)11-14(12-19-22)21-9-7-18-8-10-21/h11-13,15,18H,2-10H2,1H3,(H,20,24)/t15-/m0/s1. The SMILES string of the molecule is CC[C@@H](C(=O)NC1CCCC1)n1ncc(N2CCNCC2)cc1=O. The van der Waals surface area contributed by atoms with Crippen molar-refractivity contribution < 1.29 is 4.79 Å². The molecule has 0 unspecified atom stereocenters. The second-order valence-corrected chi connectivity index (χ2v) is 6.65. The number of hydrogen-bond acceptors (Lipinski definition) is 5. The van der Waals surface area contributed by atoms with Crippen LogP contribution in [-0.2, 0) is 4.79 Å². The van der Waals surface area contributed by atoms with Gasteiger partial charge in [-0.1, -0.05) is 19.8 Å². The van der Waals surface area contributed by atoms with Gasteiger partial charge in [-0.3, -0.25) is 9.59 Å². The summed E-state index contributed by atoms with van der Waals surface area (Å²) < 4.78 is 1.33. The third-order valence-corrected chi connectivity index (χ3v) is 4.98. The fourth-order valence-corrected chi connectivity index (χ4v) is 3.58. The van der Waals surface area contributed by atoms with Crippen LogP contribution in [0.25, 0.3) is 0 Å². The Kier molecular flexibility index (Phi) is 5.50. The lowest BCUT2D eigenvalue weighted by atomic mass is 10.1. The van der Waals surface area contributed by atoms with Crippen molar-refractivity contribution in [3.05, 3.63) is 22.6 Å². The van der Waals surface area contributed by atoms with E-state index in [0.717, 1.165) is 44.7 Å². The highest BCUT2D eigenvalue weighted by molar-refractivity contribution is 5.80. The van der Waals surface area contributed by atoms with E-state index in [0.29, 0.717) is 6.42 Å². The number of carbonyl (C=O) groups excluding carboxylic acids is 1. The highest BCUT2D eigenvalue weighted by Gasteiger charge is 2.25. The first-order valence-electron chi connectivity index (χ1n) is 9.04. The average Bonchev–Trinajstić information content (AvgIpc) is 3.10. The van der Waals surface area contributed by atoms with Gasteiger partial charge in [0, 0.05) is 38.3 Å². The van der Waals surface area contributed by atoms with Gasteiger partial charge in [-0.05, 0) is 19.3 Å². The molecule has 3 rings (SSSR count). The molecule has 1 amide bonds. The third-order valence-electron chi connectivity index (χ3n) is 4.98. The van der Waals surface area contributed by atoms with Crippen molar-refractivity contribution in [2.75, 3.05) is 31.1 Å². The zero-order valence-electron chi connectivity index (χ0n) is 14.3. The summed E-state index contributed by atoms with van der Waals surface area (Å²) in [4.78, 5) is 27.2. The molecular formula is C17H27N5O2. The van der Waals surface area contributed by atoms with Gasteiger partial charge in [0.05, 0.1) is 11.9 Å². The Morgan fingerprint density at radius 1 is 1.38 bits per heavy atom. The molecule has 1 atom stereocenters. The number of aromatic nitrogens is 2. The number of hydrogen-bond donors (Lipinski definition) is 2. The van der Waals surface area contributed by atoms with Gasteiger partial charge in [-0.2, -0.15) is 5.10 Å². The van der Waals surface area contributed by atoms with E-state index in [1.165, 1.54) is 17.5 Å². The molecule has 24 heavy (non-hydrogen) atoms. The summed E-state index contributed by atoms with van der Waals surface area (Å²) in [6, 6.07) is 1.32. The van der Waals surface area contributed by atoms with Gasteiger partial charge in [-0.25, -0.2) is 4.68 Å². The molecule has 1 saturated carbocycles. The molecule has 1 aromatic heterocycles. The Morgan fingerprint density at radius 2 is 2.08 bits per heavy atom. The Bertz CT molecular complexity index is 618. The number of amides is 1. The van der Waals surface area contributed by atoms with Crippen LogP contribution in [0.3, 0.4) is 0 Å². The molecule has 2 N–H and O–H groups in total. The molecule has 0 bridgehead atoms. The van der Waals surface area contributed by atoms with Gasteiger partial charge < -0.3 is 15.5 Å². The smallest absolute Gasteiger partial charge is 0.269 e. The van der Waals surface area contributed by atoms with Crippen molar-refractivity contribution in [3.63, 3.8) is 0 Å². The maximum Gasteiger partial charge on any atom is 0.269 e. The minimum atomic E-state index is -0.532. The largest absolute Gasteiger partial charge is 0.368 e. The summed E-state index contributed by atoms with van der Waals surface area (Å²) in [5.74, 6) is -0.0890. The molecule has 1 saturated heterocycles. The molecule has 1 aromatic rings. The molecule has 132 valence electrons. The van der Waals surface area contributed by atoms with Gasteiger partial charge in [0.2, 0.25) is 5.91 Å². The molecule has 1 aliphatic carbocycles. The molecule has 2 aliphatic rings. The van der Waals surface area contributed by atoms with Gasteiger partial charge >= 0.3 is 0 Å². The number of piperazine rings is 1. The molecule has 1 aliphatic heterocycles. The van der Waals surface area contributed by atoms with Gasteiger partial charge in [-0.15, -0.1) is 0 Å². The van der Waals surface area contributed by atoms with Crippen molar-refractivity contribution in [1.82, 2.24) is 20.4 Å². The van der Waals surface area contributed by atoms with Crippen LogP contribution in [0.2, 0.25) is 0 Å². The number of anilines is 1. The number of nitrogens with zero attached hydrogens (tertiary/aromatic N) is 3. The fraction of sp³-hybridized carbons (Fsp3) is 0.706. The topological polar surface area (TPSA) is 79.3 Å².